The standard InChI is InChI=1S/C13H16O2S/c1-3-16(14,15)12-7-8-13-10(2)5-4-6-11(13)9-12/h4-6,9H,3,7-8H2,1-2H3. The normalized spacial score (nSPS) is 15.5. The molecule has 0 aliphatic heterocycles. The van der Waals surface area contributed by atoms with E-state index in [2.05, 4.69) is 13.0 Å². The summed E-state index contributed by atoms with van der Waals surface area (Å²) in [6.45, 7) is 3.77. The quantitative estimate of drug-likeness (QED) is 0.791. The maximum absolute atomic E-state index is 11.8. The van der Waals surface area contributed by atoms with E-state index in [1.54, 1.807) is 6.92 Å². The Labute approximate surface area is 96.9 Å². The highest BCUT2D eigenvalue weighted by atomic mass is 32.2. The fourth-order valence-electron chi connectivity index (χ4n) is 2.13. The molecule has 0 saturated heterocycles. The number of fused-ring (bicyclic) bond motifs is 1. The second kappa shape index (κ2) is 4.06. The summed E-state index contributed by atoms with van der Waals surface area (Å²) in [6, 6.07) is 6.05. The summed E-state index contributed by atoms with van der Waals surface area (Å²) in [5.41, 5.74) is 3.61. The molecule has 1 aromatic rings. The highest BCUT2D eigenvalue weighted by Gasteiger charge is 2.20. The number of hydrogen-bond acceptors (Lipinski definition) is 2. The fraction of sp³-hybridized carbons (Fsp3) is 0.385. The van der Waals surface area contributed by atoms with Gasteiger partial charge in [-0.05, 0) is 42.5 Å². The van der Waals surface area contributed by atoms with Gasteiger partial charge in [-0.2, -0.15) is 0 Å². The molecular weight excluding hydrogens is 220 g/mol. The average Bonchev–Trinajstić information content (AvgIpc) is 2.29. The number of aryl methyl sites for hydroxylation is 1. The molecule has 1 aliphatic carbocycles. The van der Waals surface area contributed by atoms with Gasteiger partial charge < -0.3 is 0 Å². The van der Waals surface area contributed by atoms with Crippen LogP contribution in [0.5, 0.6) is 0 Å². The van der Waals surface area contributed by atoms with Crippen molar-refractivity contribution in [2.45, 2.75) is 26.7 Å². The van der Waals surface area contributed by atoms with Crippen LogP contribution < -0.4 is 0 Å². The zero-order chi connectivity index (χ0) is 11.8. The first-order valence-corrected chi connectivity index (χ1v) is 7.21. The average molecular weight is 236 g/mol. The van der Waals surface area contributed by atoms with Crippen molar-refractivity contribution in [2.24, 2.45) is 0 Å². The Balaban J connectivity index is 2.51. The summed E-state index contributed by atoms with van der Waals surface area (Å²) >= 11 is 0. The van der Waals surface area contributed by atoms with Gasteiger partial charge in [-0.3, -0.25) is 0 Å². The van der Waals surface area contributed by atoms with E-state index in [1.165, 1.54) is 11.1 Å². The summed E-state index contributed by atoms with van der Waals surface area (Å²) < 4.78 is 23.6. The number of hydrogen-bond donors (Lipinski definition) is 0. The summed E-state index contributed by atoms with van der Waals surface area (Å²) in [5, 5.41) is 0. The van der Waals surface area contributed by atoms with Gasteiger partial charge in [0.25, 0.3) is 0 Å². The third-order valence-electron chi connectivity index (χ3n) is 3.16. The number of sulfone groups is 1. The van der Waals surface area contributed by atoms with Crippen molar-refractivity contribution in [2.75, 3.05) is 5.75 Å². The fourth-order valence-corrected chi connectivity index (χ4v) is 3.22. The second-order valence-corrected chi connectivity index (χ2v) is 6.49. The SMILES string of the molecule is CCS(=O)(=O)C1=Cc2cccc(C)c2CC1. The first-order chi connectivity index (χ1) is 7.54. The van der Waals surface area contributed by atoms with Crippen molar-refractivity contribution in [3.63, 3.8) is 0 Å². The molecule has 0 atom stereocenters. The van der Waals surface area contributed by atoms with Crippen LogP contribution in [-0.2, 0) is 16.3 Å². The van der Waals surface area contributed by atoms with Gasteiger partial charge >= 0.3 is 0 Å². The molecular formula is C13H16O2S. The molecule has 3 heteroatoms. The molecule has 2 nitrogen and oxygen atoms in total. The Hall–Kier alpha value is -1.09. The van der Waals surface area contributed by atoms with E-state index in [1.807, 2.05) is 18.2 Å². The zero-order valence-electron chi connectivity index (χ0n) is 9.66. The van der Waals surface area contributed by atoms with Crippen LogP contribution in [0.4, 0.5) is 0 Å². The Morgan fingerprint density at radius 2 is 2.00 bits per heavy atom. The van der Waals surface area contributed by atoms with Gasteiger partial charge in [-0.1, -0.05) is 25.1 Å². The van der Waals surface area contributed by atoms with Gasteiger partial charge in [-0.15, -0.1) is 0 Å². The van der Waals surface area contributed by atoms with E-state index in [4.69, 9.17) is 0 Å². The maximum atomic E-state index is 11.8. The Kier molecular flexibility index (Phi) is 2.89. The predicted molar refractivity (Wildman–Crippen MR) is 66.9 cm³/mol. The molecule has 0 aromatic heterocycles. The molecule has 0 heterocycles. The van der Waals surface area contributed by atoms with Crippen LogP contribution >= 0.6 is 0 Å². The molecule has 0 amide bonds. The van der Waals surface area contributed by atoms with E-state index in [0.717, 1.165) is 12.0 Å². The molecule has 1 aliphatic rings. The Bertz CT molecular complexity index is 539. The van der Waals surface area contributed by atoms with Crippen LogP contribution in [0.15, 0.2) is 23.1 Å². The molecule has 0 radical (unpaired) electrons. The highest BCUT2D eigenvalue weighted by molar-refractivity contribution is 7.95. The minimum absolute atomic E-state index is 0.194. The summed E-state index contributed by atoms with van der Waals surface area (Å²) in [6.07, 6.45) is 3.33. The van der Waals surface area contributed by atoms with Crippen molar-refractivity contribution in [1.82, 2.24) is 0 Å². The first kappa shape index (κ1) is 11.4. The van der Waals surface area contributed by atoms with Gasteiger partial charge in [0.15, 0.2) is 9.84 Å². The van der Waals surface area contributed by atoms with Gasteiger partial charge in [0.1, 0.15) is 0 Å². The lowest BCUT2D eigenvalue weighted by atomic mass is 9.93. The Morgan fingerprint density at radius 1 is 1.25 bits per heavy atom. The van der Waals surface area contributed by atoms with E-state index < -0.39 is 9.84 Å². The van der Waals surface area contributed by atoms with Gasteiger partial charge in [0.2, 0.25) is 0 Å². The summed E-state index contributed by atoms with van der Waals surface area (Å²) in [4.78, 5) is 0.591. The van der Waals surface area contributed by atoms with Crippen molar-refractivity contribution in [1.29, 1.82) is 0 Å². The first-order valence-electron chi connectivity index (χ1n) is 5.56. The van der Waals surface area contributed by atoms with E-state index in [0.29, 0.717) is 11.3 Å². The number of rotatable bonds is 2. The molecule has 86 valence electrons. The van der Waals surface area contributed by atoms with Gasteiger partial charge in [0, 0.05) is 4.91 Å². The molecule has 0 bridgehead atoms. The van der Waals surface area contributed by atoms with Crippen LogP contribution in [0.3, 0.4) is 0 Å². The molecule has 0 fully saturated rings. The van der Waals surface area contributed by atoms with Crippen LogP contribution in [0.25, 0.3) is 6.08 Å². The van der Waals surface area contributed by atoms with Gasteiger partial charge in [0.05, 0.1) is 5.75 Å². The van der Waals surface area contributed by atoms with Crippen molar-refractivity contribution >= 4 is 15.9 Å². The highest BCUT2D eigenvalue weighted by Crippen LogP contribution is 2.29. The molecule has 1 aromatic carbocycles. The number of allylic oxidation sites excluding steroid dienone is 1. The molecule has 0 unspecified atom stereocenters. The molecule has 2 rings (SSSR count). The second-order valence-electron chi connectivity index (χ2n) is 4.16. The molecule has 0 saturated carbocycles. The van der Waals surface area contributed by atoms with Crippen molar-refractivity contribution in [3.8, 4) is 0 Å². The summed E-state index contributed by atoms with van der Waals surface area (Å²) in [5.74, 6) is 0.194. The smallest absolute Gasteiger partial charge is 0.174 e. The minimum atomic E-state index is -3.02. The Morgan fingerprint density at radius 3 is 2.69 bits per heavy atom. The van der Waals surface area contributed by atoms with E-state index in [9.17, 15) is 8.42 Å². The lowest BCUT2D eigenvalue weighted by Gasteiger charge is -2.17. The lowest BCUT2D eigenvalue weighted by molar-refractivity contribution is 0.601. The van der Waals surface area contributed by atoms with Crippen LogP contribution in [0, 0.1) is 6.92 Å². The molecule has 0 N–H and O–H groups in total. The minimum Gasteiger partial charge on any atom is -0.224 e. The largest absolute Gasteiger partial charge is 0.224 e. The predicted octanol–water partition coefficient (Wildman–Crippen LogP) is 2.72. The maximum Gasteiger partial charge on any atom is 0.174 e. The van der Waals surface area contributed by atoms with Crippen molar-refractivity contribution in [3.05, 3.63) is 39.8 Å². The zero-order valence-corrected chi connectivity index (χ0v) is 10.5. The third kappa shape index (κ3) is 1.92. The topological polar surface area (TPSA) is 34.1 Å². The van der Waals surface area contributed by atoms with Gasteiger partial charge in [-0.25, -0.2) is 8.42 Å². The van der Waals surface area contributed by atoms with E-state index in [-0.39, 0.29) is 5.75 Å². The number of benzene rings is 1. The lowest BCUT2D eigenvalue weighted by Crippen LogP contribution is -2.11. The van der Waals surface area contributed by atoms with Crippen LogP contribution in [0.1, 0.15) is 30.0 Å². The van der Waals surface area contributed by atoms with E-state index >= 15 is 0 Å². The van der Waals surface area contributed by atoms with Crippen molar-refractivity contribution < 1.29 is 8.42 Å². The van der Waals surface area contributed by atoms with Crippen LogP contribution in [-0.4, -0.2) is 14.2 Å². The summed E-state index contributed by atoms with van der Waals surface area (Å²) in [7, 11) is -3.02. The monoisotopic (exact) mass is 236 g/mol. The molecule has 16 heavy (non-hydrogen) atoms. The molecule has 0 spiro atoms. The van der Waals surface area contributed by atoms with Crippen LogP contribution in [0.2, 0.25) is 0 Å². The third-order valence-corrected chi connectivity index (χ3v) is 5.04.